The largest absolute Gasteiger partial charge is 0.331 e. The van der Waals surface area contributed by atoms with E-state index >= 15 is 0 Å². The van der Waals surface area contributed by atoms with Gasteiger partial charge < -0.3 is 4.90 Å². The Hall–Kier alpha value is -1.17. The van der Waals surface area contributed by atoms with Crippen molar-refractivity contribution in [2.75, 3.05) is 13.6 Å². The summed E-state index contributed by atoms with van der Waals surface area (Å²) in [6, 6.07) is 7.92. The standard InChI is InChI=1S/C22H31ClN2O2S/c1-4-6-17-9-14-21(16-7-10-18(23)11-8-16)25(22(17)26)19(5-2)15-24(3)28(27)20-12-13-20/h4,7-8,10-11,17,19-21H,1,5-6,9,12-15H2,2-3H3. The molecule has 2 aliphatic rings. The molecule has 1 aliphatic heterocycles. The SMILES string of the molecule is C=CCC1CCC(c2ccc(Cl)cc2)N(C(CC)CN(C)S(=O)C2CC2)C1=O. The second-order valence-corrected chi connectivity index (χ2v) is 10.2. The van der Waals surface area contributed by atoms with Crippen molar-refractivity contribution in [2.24, 2.45) is 5.92 Å². The van der Waals surface area contributed by atoms with Gasteiger partial charge in [0, 0.05) is 28.8 Å². The van der Waals surface area contributed by atoms with Crippen LogP contribution in [0.2, 0.25) is 5.02 Å². The molecule has 154 valence electrons. The van der Waals surface area contributed by atoms with Crippen LogP contribution in [-0.4, -0.2) is 44.2 Å². The molecule has 4 atom stereocenters. The first kappa shape index (κ1) is 21.5. The van der Waals surface area contributed by atoms with Crippen LogP contribution < -0.4 is 0 Å². The summed E-state index contributed by atoms with van der Waals surface area (Å²) in [5.41, 5.74) is 1.12. The molecule has 0 N–H and O–H groups in total. The lowest BCUT2D eigenvalue weighted by molar-refractivity contribution is -0.145. The van der Waals surface area contributed by atoms with E-state index in [4.69, 9.17) is 11.6 Å². The molecule has 1 saturated carbocycles. The van der Waals surface area contributed by atoms with Crippen LogP contribution in [0.15, 0.2) is 36.9 Å². The highest BCUT2D eigenvalue weighted by atomic mass is 35.5. The molecule has 6 heteroatoms. The number of allylic oxidation sites excluding steroid dienone is 1. The molecule has 0 radical (unpaired) electrons. The summed E-state index contributed by atoms with van der Waals surface area (Å²) in [5, 5.41) is 1.01. The van der Waals surface area contributed by atoms with Crippen LogP contribution in [-0.2, 0) is 15.8 Å². The molecule has 1 aromatic rings. The average Bonchev–Trinajstić information content (AvgIpc) is 3.53. The summed E-state index contributed by atoms with van der Waals surface area (Å²) in [6.45, 7) is 6.58. The second-order valence-electron chi connectivity index (χ2n) is 7.96. The Kier molecular flexibility index (Phi) is 7.35. The lowest BCUT2D eigenvalue weighted by atomic mass is 9.85. The fourth-order valence-electron chi connectivity index (χ4n) is 4.16. The number of nitrogens with zero attached hydrogens (tertiary/aromatic N) is 2. The Morgan fingerprint density at radius 3 is 2.54 bits per heavy atom. The zero-order valence-corrected chi connectivity index (χ0v) is 18.4. The van der Waals surface area contributed by atoms with E-state index in [1.165, 1.54) is 0 Å². The third-order valence-electron chi connectivity index (χ3n) is 5.88. The van der Waals surface area contributed by atoms with Crippen molar-refractivity contribution in [1.82, 2.24) is 9.21 Å². The molecule has 3 rings (SSSR count). The molecule has 1 saturated heterocycles. The van der Waals surface area contributed by atoms with Gasteiger partial charge in [0.25, 0.3) is 0 Å². The predicted molar refractivity (Wildman–Crippen MR) is 116 cm³/mol. The van der Waals surface area contributed by atoms with E-state index in [0.717, 1.165) is 37.7 Å². The van der Waals surface area contributed by atoms with Crippen molar-refractivity contribution in [2.45, 2.75) is 62.8 Å². The molecular weight excluding hydrogens is 392 g/mol. The normalized spacial score (nSPS) is 25.0. The number of hydrogen-bond acceptors (Lipinski definition) is 2. The molecule has 0 spiro atoms. The van der Waals surface area contributed by atoms with Crippen LogP contribution in [0.5, 0.6) is 0 Å². The highest BCUT2D eigenvalue weighted by Gasteiger charge is 2.40. The lowest BCUT2D eigenvalue weighted by Crippen LogP contribution is -2.52. The van der Waals surface area contributed by atoms with Gasteiger partial charge in [-0.3, -0.25) is 4.79 Å². The van der Waals surface area contributed by atoms with Gasteiger partial charge in [0.1, 0.15) is 0 Å². The maximum absolute atomic E-state index is 13.4. The van der Waals surface area contributed by atoms with E-state index in [1.54, 1.807) is 0 Å². The topological polar surface area (TPSA) is 40.6 Å². The number of likely N-dealkylation sites (tertiary alicyclic amines) is 1. The maximum atomic E-state index is 13.4. The van der Waals surface area contributed by atoms with Crippen molar-refractivity contribution < 1.29 is 9.00 Å². The fraction of sp³-hybridized carbons (Fsp3) is 0.591. The number of benzene rings is 1. The van der Waals surface area contributed by atoms with Crippen molar-refractivity contribution in [3.63, 3.8) is 0 Å². The fourth-order valence-corrected chi connectivity index (χ4v) is 5.65. The molecule has 0 aromatic heterocycles. The third-order valence-corrected chi connectivity index (χ3v) is 7.94. The second kappa shape index (κ2) is 9.55. The lowest BCUT2D eigenvalue weighted by Gasteiger charge is -2.45. The zero-order valence-electron chi connectivity index (χ0n) is 16.9. The number of rotatable bonds is 9. The van der Waals surface area contributed by atoms with E-state index < -0.39 is 11.0 Å². The van der Waals surface area contributed by atoms with E-state index in [-0.39, 0.29) is 23.9 Å². The van der Waals surface area contributed by atoms with Gasteiger partial charge in [-0.1, -0.05) is 36.7 Å². The molecule has 1 heterocycles. The molecule has 2 fully saturated rings. The number of amides is 1. The van der Waals surface area contributed by atoms with Gasteiger partial charge in [-0.05, 0) is 63.3 Å². The zero-order chi connectivity index (χ0) is 20.3. The van der Waals surface area contributed by atoms with Crippen molar-refractivity contribution in [3.8, 4) is 0 Å². The van der Waals surface area contributed by atoms with Gasteiger partial charge in [-0.15, -0.1) is 6.58 Å². The van der Waals surface area contributed by atoms with E-state index in [2.05, 4.69) is 18.4 Å². The number of carbonyl (C=O) groups is 1. The predicted octanol–water partition coefficient (Wildman–Crippen LogP) is 4.73. The van der Waals surface area contributed by atoms with Crippen LogP contribution >= 0.6 is 11.6 Å². The minimum absolute atomic E-state index is 0.00524. The van der Waals surface area contributed by atoms with Crippen molar-refractivity contribution >= 4 is 28.5 Å². The van der Waals surface area contributed by atoms with Crippen LogP contribution in [0, 0.1) is 5.92 Å². The van der Waals surface area contributed by atoms with Crippen LogP contribution in [0.1, 0.15) is 57.1 Å². The monoisotopic (exact) mass is 422 g/mol. The molecule has 1 amide bonds. The summed E-state index contributed by atoms with van der Waals surface area (Å²) in [5.74, 6) is 0.192. The Bertz CT molecular complexity index is 720. The quantitative estimate of drug-likeness (QED) is 0.539. The van der Waals surface area contributed by atoms with Crippen LogP contribution in [0.25, 0.3) is 0 Å². The Morgan fingerprint density at radius 1 is 1.29 bits per heavy atom. The number of piperidine rings is 1. The molecule has 0 bridgehead atoms. The van der Waals surface area contributed by atoms with Crippen LogP contribution in [0.3, 0.4) is 0 Å². The number of carbonyl (C=O) groups excluding carboxylic acids is 1. The van der Waals surface area contributed by atoms with Gasteiger partial charge in [0.05, 0.1) is 17.0 Å². The van der Waals surface area contributed by atoms with Gasteiger partial charge in [0.2, 0.25) is 5.91 Å². The molecule has 1 aliphatic carbocycles. The van der Waals surface area contributed by atoms with Crippen molar-refractivity contribution in [3.05, 3.63) is 47.5 Å². The van der Waals surface area contributed by atoms with E-state index in [0.29, 0.717) is 23.2 Å². The molecule has 28 heavy (non-hydrogen) atoms. The molecule has 4 nitrogen and oxygen atoms in total. The first-order valence-corrected chi connectivity index (χ1v) is 11.8. The van der Waals surface area contributed by atoms with Gasteiger partial charge >= 0.3 is 0 Å². The summed E-state index contributed by atoms with van der Waals surface area (Å²) in [6.07, 6.45) is 7.29. The average molecular weight is 423 g/mol. The van der Waals surface area contributed by atoms with Gasteiger partial charge in [-0.25, -0.2) is 8.51 Å². The highest BCUT2D eigenvalue weighted by Crippen LogP contribution is 2.38. The summed E-state index contributed by atoms with van der Waals surface area (Å²) >= 11 is 6.08. The first-order valence-electron chi connectivity index (χ1n) is 10.3. The minimum Gasteiger partial charge on any atom is -0.331 e. The number of halogens is 1. The Morgan fingerprint density at radius 2 is 1.96 bits per heavy atom. The maximum Gasteiger partial charge on any atom is 0.226 e. The molecule has 1 aromatic carbocycles. The van der Waals surface area contributed by atoms with E-state index in [9.17, 15) is 9.00 Å². The summed E-state index contributed by atoms with van der Waals surface area (Å²) in [4.78, 5) is 15.5. The smallest absolute Gasteiger partial charge is 0.226 e. The number of likely N-dealkylation sites (N-methyl/N-ethyl adjacent to an activating group) is 1. The first-order chi connectivity index (χ1) is 13.5. The van der Waals surface area contributed by atoms with Gasteiger partial charge in [-0.2, -0.15) is 0 Å². The molecular formula is C22H31ClN2O2S. The Balaban J connectivity index is 1.85. The van der Waals surface area contributed by atoms with Gasteiger partial charge in [0.15, 0.2) is 0 Å². The summed E-state index contributed by atoms with van der Waals surface area (Å²) < 4.78 is 14.5. The molecule has 4 unspecified atom stereocenters. The summed E-state index contributed by atoms with van der Waals surface area (Å²) in [7, 11) is 0.968. The highest BCUT2D eigenvalue weighted by molar-refractivity contribution is 7.83. The number of hydrogen-bond donors (Lipinski definition) is 0. The third kappa shape index (κ3) is 4.87. The van der Waals surface area contributed by atoms with Crippen molar-refractivity contribution in [1.29, 1.82) is 0 Å². The minimum atomic E-state index is -0.952. The Labute approximate surface area is 176 Å². The van der Waals surface area contributed by atoms with E-state index in [1.807, 2.05) is 41.7 Å². The van der Waals surface area contributed by atoms with Crippen LogP contribution in [0.4, 0.5) is 0 Å².